The van der Waals surface area contributed by atoms with Crippen molar-refractivity contribution in [1.29, 1.82) is 0 Å². The van der Waals surface area contributed by atoms with Gasteiger partial charge in [-0.1, -0.05) is 32.4 Å². The summed E-state index contributed by atoms with van der Waals surface area (Å²) in [5, 5.41) is 10.4. The average molecular weight is 505 g/mol. The van der Waals surface area contributed by atoms with Crippen molar-refractivity contribution in [3.05, 3.63) is 25.3 Å². The Labute approximate surface area is 215 Å². The maximum absolute atomic E-state index is 14.4. The molecule has 8 heteroatoms. The Morgan fingerprint density at radius 3 is 2.50 bits per heavy atom. The molecule has 3 aliphatic heterocycles. The first-order chi connectivity index (χ1) is 16.8. The molecular weight excluding hydrogens is 460 g/mol. The van der Waals surface area contributed by atoms with Gasteiger partial charge in [-0.05, 0) is 52.9 Å². The number of amides is 2. The molecule has 2 amide bonds. The largest absolute Gasteiger partial charge is 0.465 e. The van der Waals surface area contributed by atoms with Crippen LogP contribution >= 0.6 is 0 Å². The van der Waals surface area contributed by atoms with E-state index in [1.54, 1.807) is 22.0 Å². The minimum atomic E-state index is -1.16. The van der Waals surface area contributed by atoms with E-state index >= 15 is 0 Å². The Morgan fingerprint density at radius 1 is 1.31 bits per heavy atom. The van der Waals surface area contributed by atoms with Gasteiger partial charge < -0.3 is 24.4 Å². The second-order valence-corrected chi connectivity index (χ2v) is 11.8. The van der Waals surface area contributed by atoms with E-state index in [2.05, 4.69) is 13.2 Å². The van der Waals surface area contributed by atoms with Crippen LogP contribution in [-0.2, 0) is 23.9 Å². The molecule has 0 radical (unpaired) electrons. The molecule has 0 saturated carbocycles. The SMILES string of the molecule is C=CCCOC(=O)[C@@H]1[C@H]2C(=O)N([C@@H](CO)[C@@H](C)CC)C(C(=O)N(CC=C)C(C)(C)C)C23CC[C@@]1(C)O3. The first kappa shape index (κ1) is 28.4. The third-order valence-corrected chi connectivity index (χ3v) is 8.50. The number of aliphatic hydroxyl groups excluding tert-OH is 1. The van der Waals surface area contributed by atoms with Gasteiger partial charge in [-0.15, -0.1) is 13.2 Å². The standard InChI is InChI=1S/C28H44N2O6/c1-9-12-16-35-25(34)21-20-23(32)30(19(17-31)18(4)11-3)22(28(20)14-13-27(21,8)36-28)24(33)29(15-10-2)26(5,6)7/h9-10,18-22,31H,1-2,11-17H2,3-8H3/t18-,19-,20-,21-,22?,27+,28?/m0/s1. The van der Waals surface area contributed by atoms with Crippen LogP contribution in [0.25, 0.3) is 0 Å². The fraction of sp³-hybridized carbons (Fsp3) is 0.750. The molecule has 0 aromatic heterocycles. The van der Waals surface area contributed by atoms with Crippen molar-refractivity contribution in [1.82, 2.24) is 9.80 Å². The molecule has 3 aliphatic rings. The number of fused-ring (bicyclic) bond motifs is 1. The van der Waals surface area contributed by atoms with Crippen molar-refractivity contribution in [3.63, 3.8) is 0 Å². The molecule has 36 heavy (non-hydrogen) atoms. The zero-order chi connectivity index (χ0) is 27.1. The molecular formula is C28H44N2O6. The van der Waals surface area contributed by atoms with E-state index in [-0.39, 0.29) is 30.9 Å². The van der Waals surface area contributed by atoms with Crippen LogP contribution in [0, 0.1) is 17.8 Å². The number of carbonyl (C=O) groups excluding carboxylic acids is 3. The average Bonchev–Trinajstić information content (AvgIpc) is 3.38. The molecule has 1 spiro atoms. The Balaban J connectivity index is 2.15. The predicted molar refractivity (Wildman–Crippen MR) is 137 cm³/mol. The molecule has 2 bridgehead atoms. The van der Waals surface area contributed by atoms with E-state index in [1.807, 2.05) is 41.5 Å². The number of hydrogen-bond donors (Lipinski definition) is 1. The monoisotopic (exact) mass is 504 g/mol. The van der Waals surface area contributed by atoms with E-state index < -0.39 is 46.6 Å². The van der Waals surface area contributed by atoms with Gasteiger partial charge in [0, 0.05) is 12.1 Å². The van der Waals surface area contributed by atoms with Crippen molar-refractivity contribution >= 4 is 17.8 Å². The Hall–Kier alpha value is -2.19. The van der Waals surface area contributed by atoms with E-state index in [9.17, 15) is 19.5 Å². The number of carbonyl (C=O) groups is 3. The summed E-state index contributed by atoms with van der Waals surface area (Å²) >= 11 is 0. The highest BCUT2D eigenvalue weighted by atomic mass is 16.6. The molecule has 8 nitrogen and oxygen atoms in total. The second-order valence-electron chi connectivity index (χ2n) is 11.8. The van der Waals surface area contributed by atoms with Gasteiger partial charge in [0.05, 0.1) is 30.8 Å². The number of aliphatic hydroxyl groups is 1. The van der Waals surface area contributed by atoms with Crippen LogP contribution in [0.1, 0.15) is 67.2 Å². The Morgan fingerprint density at radius 2 is 1.97 bits per heavy atom. The molecule has 1 N–H and O–H groups in total. The van der Waals surface area contributed by atoms with Crippen molar-refractivity contribution in [2.45, 2.75) is 96.1 Å². The van der Waals surface area contributed by atoms with Gasteiger partial charge in [0.25, 0.3) is 0 Å². The van der Waals surface area contributed by atoms with Crippen LogP contribution in [0.5, 0.6) is 0 Å². The number of nitrogens with zero attached hydrogens (tertiary/aromatic N) is 2. The molecule has 3 fully saturated rings. The fourth-order valence-corrected chi connectivity index (χ4v) is 6.48. The molecule has 3 rings (SSSR count). The van der Waals surface area contributed by atoms with Crippen LogP contribution in [0.2, 0.25) is 0 Å². The van der Waals surface area contributed by atoms with E-state index in [0.717, 1.165) is 6.42 Å². The molecule has 3 heterocycles. The topological polar surface area (TPSA) is 96.4 Å². The van der Waals surface area contributed by atoms with Crippen molar-refractivity contribution in [2.75, 3.05) is 19.8 Å². The number of rotatable bonds is 11. The van der Waals surface area contributed by atoms with Crippen LogP contribution in [0.15, 0.2) is 25.3 Å². The Kier molecular flexibility index (Phi) is 8.11. The second kappa shape index (κ2) is 10.3. The quantitative estimate of drug-likeness (QED) is 0.264. The molecule has 2 unspecified atom stereocenters. The summed E-state index contributed by atoms with van der Waals surface area (Å²) in [6.07, 6.45) is 5.59. The smallest absolute Gasteiger partial charge is 0.312 e. The normalized spacial score (nSPS) is 32.7. The molecule has 202 valence electrons. The molecule has 7 atom stereocenters. The molecule has 3 saturated heterocycles. The molecule has 0 aromatic rings. The first-order valence-corrected chi connectivity index (χ1v) is 13.2. The van der Waals surface area contributed by atoms with Crippen molar-refractivity contribution < 1.29 is 29.0 Å². The van der Waals surface area contributed by atoms with E-state index in [4.69, 9.17) is 9.47 Å². The third-order valence-electron chi connectivity index (χ3n) is 8.50. The highest BCUT2D eigenvalue weighted by molar-refractivity contribution is 5.99. The first-order valence-electron chi connectivity index (χ1n) is 13.2. The lowest BCUT2D eigenvalue weighted by Gasteiger charge is -2.44. The number of hydrogen-bond acceptors (Lipinski definition) is 6. The maximum Gasteiger partial charge on any atom is 0.312 e. The van der Waals surface area contributed by atoms with Crippen LogP contribution in [0.3, 0.4) is 0 Å². The van der Waals surface area contributed by atoms with Gasteiger partial charge in [-0.2, -0.15) is 0 Å². The van der Waals surface area contributed by atoms with Crippen molar-refractivity contribution in [2.24, 2.45) is 17.8 Å². The van der Waals surface area contributed by atoms with Gasteiger partial charge in [0.15, 0.2) is 0 Å². The van der Waals surface area contributed by atoms with Gasteiger partial charge in [-0.25, -0.2) is 0 Å². The van der Waals surface area contributed by atoms with Crippen LogP contribution in [-0.4, -0.2) is 81.3 Å². The Bertz CT molecular complexity index is 897. The van der Waals surface area contributed by atoms with Crippen LogP contribution in [0.4, 0.5) is 0 Å². The third kappa shape index (κ3) is 4.40. The summed E-state index contributed by atoms with van der Waals surface area (Å²) in [6.45, 7) is 19.3. The highest BCUT2D eigenvalue weighted by Crippen LogP contribution is 2.64. The summed E-state index contributed by atoms with van der Waals surface area (Å²) in [6, 6.07) is -1.53. The summed E-state index contributed by atoms with van der Waals surface area (Å²) in [4.78, 5) is 45.2. The lowest BCUT2D eigenvalue weighted by atomic mass is 9.66. The zero-order valence-electron chi connectivity index (χ0n) is 22.8. The number of esters is 1. The van der Waals surface area contributed by atoms with E-state index in [0.29, 0.717) is 25.8 Å². The minimum absolute atomic E-state index is 0.0576. The van der Waals surface area contributed by atoms with Gasteiger partial charge in [-0.3, -0.25) is 14.4 Å². The summed E-state index contributed by atoms with van der Waals surface area (Å²) in [5.74, 6) is -2.75. The number of likely N-dealkylation sites (tertiary alicyclic amines) is 1. The minimum Gasteiger partial charge on any atom is -0.465 e. The maximum atomic E-state index is 14.4. The molecule has 0 aromatic carbocycles. The van der Waals surface area contributed by atoms with Gasteiger partial charge in [0.2, 0.25) is 11.8 Å². The van der Waals surface area contributed by atoms with Gasteiger partial charge >= 0.3 is 5.97 Å². The zero-order valence-corrected chi connectivity index (χ0v) is 22.8. The molecule has 0 aliphatic carbocycles. The van der Waals surface area contributed by atoms with Crippen molar-refractivity contribution in [3.8, 4) is 0 Å². The summed E-state index contributed by atoms with van der Waals surface area (Å²) in [5.41, 5.74) is -2.59. The lowest BCUT2D eigenvalue weighted by Crippen LogP contribution is -2.62. The fourth-order valence-electron chi connectivity index (χ4n) is 6.48. The van der Waals surface area contributed by atoms with Crippen LogP contribution < -0.4 is 0 Å². The lowest BCUT2D eigenvalue weighted by molar-refractivity contribution is -0.163. The van der Waals surface area contributed by atoms with Gasteiger partial charge in [0.1, 0.15) is 17.6 Å². The number of ether oxygens (including phenoxy) is 2. The predicted octanol–water partition coefficient (Wildman–Crippen LogP) is 3.09. The summed E-state index contributed by atoms with van der Waals surface area (Å²) in [7, 11) is 0. The summed E-state index contributed by atoms with van der Waals surface area (Å²) < 4.78 is 12.2. The highest BCUT2D eigenvalue weighted by Gasteiger charge is 2.79. The van der Waals surface area contributed by atoms with E-state index in [1.165, 1.54) is 0 Å².